The zero-order valence-corrected chi connectivity index (χ0v) is 15.9. The monoisotopic (exact) mass is 411 g/mol. The van der Waals surface area contributed by atoms with Gasteiger partial charge in [0.2, 0.25) is 0 Å². The Morgan fingerprint density at radius 2 is 1.70 bits per heavy atom. The lowest BCUT2D eigenvalue weighted by atomic mass is 10.1. The number of aromatic nitrogens is 2. The molecule has 30 heavy (non-hydrogen) atoms. The summed E-state index contributed by atoms with van der Waals surface area (Å²) in [5.41, 5.74) is 1.79. The second kappa shape index (κ2) is 8.83. The third kappa shape index (κ3) is 4.69. The Kier molecular flexibility index (Phi) is 5.80. The van der Waals surface area contributed by atoms with Crippen LogP contribution in [0.4, 0.5) is 30.8 Å². The standard InChI is InChI=1S/C21H19F2N5O2/c22-15-3-6-17(23)19(13-15)25-21(29)24-16-4-1-14(2-5-16)18-7-8-20(27-26-18)28-9-11-30-12-10-28/h1-8,13H,9-12H2,(H2,24,25,29). The fourth-order valence-corrected chi connectivity index (χ4v) is 3.04. The zero-order valence-electron chi connectivity index (χ0n) is 15.9. The van der Waals surface area contributed by atoms with Gasteiger partial charge < -0.3 is 20.3 Å². The number of benzene rings is 2. The molecule has 2 amide bonds. The normalized spacial score (nSPS) is 13.7. The number of halogens is 2. The average Bonchev–Trinajstić information content (AvgIpc) is 2.77. The molecule has 1 aliphatic heterocycles. The zero-order chi connectivity index (χ0) is 20.9. The van der Waals surface area contributed by atoms with Gasteiger partial charge in [-0.1, -0.05) is 12.1 Å². The van der Waals surface area contributed by atoms with Crippen molar-refractivity contribution in [3.8, 4) is 11.3 Å². The van der Waals surface area contributed by atoms with Crippen molar-refractivity contribution in [3.05, 3.63) is 66.2 Å². The summed E-state index contributed by atoms with van der Waals surface area (Å²) in [6.45, 7) is 2.93. The summed E-state index contributed by atoms with van der Waals surface area (Å²) in [5, 5.41) is 13.4. The maximum Gasteiger partial charge on any atom is 0.323 e. The molecule has 3 aromatic rings. The molecule has 0 unspecified atom stereocenters. The minimum absolute atomic E-state index is 0.236. The molecular formula is C21H19F2N5O2. The Labute approximate surface area is 171 Å². The second-order valence-electron chi connectivity index (χ2n) is 6.66. The number of urea groups is 1. The molecule has 1 fully saturated rings. The molecule has 2 aromatic carbocycles. The fourth-order valence-electron chi connectivity index (χ4n) is 3.04. The van der Waals surface area contributed by atoms with Gasteiger partial charge in [-0.3, -0.25) is 0 Å². The Morgan fingerprint density at radius 1 is 0.933 bits per heavy atom. The second-order valence-corrected chi connectivity index (χ2v) is 6.66. The molecule has 2 heterocycles. The van der Waals surface area contributed by atoms with Crippen LogP contribution in [0.5, 0.6) is 0 Å². The van der Waals surface area contributed by atoms with Crippen molar-refractivity contribution < 1.29 is 18.3 Å². The highest BCUT2D eigenvalue weighted by molar-refractivity contribution is 5.99. The van der Waals surface area contributed by atoms with Gasteiger partial charge >= 0.3 is 6.03 Å². The largest absolute Gasteiger partial charge is 0.378 e. The van der Waals surface area contributed by atoms with Gasteiger partial charge in [-0.2, -0.15) is 0 Å². The predicted molar refractivity (Wildman–Crippen MR) is 109 cm³/mol. The van der Waals surface area contributed by atoms with E-state index in [1.807, 2.05) is 12.1 Å². The van der Waals surface area contributed by atoms with Crippen LogP contribution < -0.4 is 15.5 Å². The molecule has 0 aliphatic carbocycles. The van der Waals surface area contributed by atoms with Crippen molar-refractivity contribution in [2.45, 2.75) is 0 Å². The summed E-state index contributed by atoms with van der Waals surface area (Å²) in [5.74, 6) is -0.556. The van der Waals surface area contributed by atoms with Crippen LogP contribution in [0, 0.1) is 11.6 Å². The SMILES string of the molecule is O=C(Nc1ccc(-c2ccc(N3CCOCC3)nn2)cc1)Nc1cc(F)ccc1F. The summed E-state index contributed by atoms with van der Waals surface area (Å²) in [6, 6.07) is 12.9. The third-order valence-corrected chi connectivity index (χ3v) is 4.60. The average molecular weight is 411 g/mol. The first kappa shape index (κ1) is 19.7. The topological polar surface area (TPSA) is 79.4 Å². The molecule has 1 aliphatic rings. The molecule has 0 radical (unpaired) electrons. The molecule has 4 rings (SSSR count). The number of nitrogens with zero attached hydrogens (tertiary/aromatic N) is 3. The number of carbonyl (C=O) groups excluding carboxylic acids is 1. The van der Waals surface area contributed by atoms with E-state index in [-0.39, 0.29) is 5.69 Å². The lowest BCUT2D eigenvalue weighted by molar-refractivity contribution is 0.122. The summed E-state index contributed by atoms with van der Waals surface area (Å²) in [6.07, 6.45) is 0. The quantitative estimate of drug-likeness (QED) is 0.681. The van der Waals surface area contributed by atoms with E-state index in [0.29, 0.717) is 24.6 Å². The summed E-state index contributed by atoms with van der Waals surface area (Å²) in [7, 11) is 0. The van der Waals surface area contributed by atoms with Gasteiger partial charge in [0.05, 0.1) is 24.6 Å². The Morgan fingerprint density at radius 3 is 2.40 bits per heavy atom. The van der Waals surface area contributed by atoms with E-state index >= 15 is 0 Å². The van der Waals surface area contributed by atoms with E-state index in [1.165, 1.54) is 0 Å². The number of carbonyl (C=O) groups is 1. The van der Waals surface area contributed by atoms with Crippen LogP contribution in [0.1, 0.15) is 0 Å². The number of morpholine rings is 1. The smallest absolute Gasteiger partial charge is 0.323 e. The van der Waals surface area contributed by atoms with E-state index in [4.69, 9.17) is 4.74 Å². The lowest BCUT2D eigenvalue weighted by Crippen LogP contribution is -2.36. The van der Waals surface area contributed by atoms with Gasteiger partial charge in [-0.05, 0) is 36.4 Å². The van der Waals surface area contributed by atoms with Crippen LogP contribution in [0.3, 0.4) is 0 Å². The number of hydrogen-bond acceptors (Lipinski definition) is 5. The first-order chi connectivity index (χ1) is 14.6. The predicted octanol–water partition coefficient (Wildman–Crippen LogP) is 3.90. The number of nitrogens with one attached hydrogen (secondary N) is 2. The van der Waals surface area contributed by atoms with E-state index < -0.39 is 17.7 Å². The molecule has 0 bridgehead atoms. The molecule has 1 saturated heterocycles. The van der Waals surface area contributed by atoms with Crippen LogP contribution in [0.2, 0.25) is 0 Å². The Balaban J connectivity index is 1.39. The summed E-state index contributed by atoms with van der Waals surface area (Å²) in [4.78, 5) is 14.2. The van der Waals surface area contributed by atoms with Crippen molar-refractivity contribution in [2.24, 2.45) is 0 Å². The summed E-state index contributed by atoms with van der Waals surface area (Å²) >= 11 is 0. The first-order valence-corrected chi connectivity index (χ1v) is 9.38. The van der Waals surface area contributed by atoms with Crippen LogP contribution in [0.15, 0.2) is 54.6 Å². The van der Waals surface area contributed by atoms with Gasteiger partial charge in [0.1, 0.15) is 11.6 Å². The van der Waals surface area contributed by atoms with Gasteiger partial charge in [0.15, 0.2) is 5.82 Å². The molecule has 0 spiro atoms. The van der Waals surface area contributed by atoms with Crippen LogP contribution in [0.25, 0.3) is 11.3 Å². The number of ether oxygens (including phenoxy) is 1. The van der Waals surface area contributed by atoms with E-state index in [2.05, 4.69) is 25.7 Å². The molecule has 9 heteroatoms. The maximum atomic E-state index is 13.6. The summed E-state index contributed by atoms with van der Waals surface area (Å²) < 4.78 is 32.2. The minimum Gasteiger partial charge on any atom is -0.378 e. The van der Waals surface area contributed by atoms with Crippen molar-refractivity contribution in [1.29, 1.82) is 0 Å². The lowest BCUT2D eigenvalue weighted by Gasteiger charge is -2.27. The van der Waals surface area contributed by atoms with Gasteiger partial charge in [0.25, 0.3) is 0 Å². The van der Waals surface area contributed by atoms with Crippen LogP contribution in [-0.4, -0.2) is 42.5 Å². The highest BCUT2D eigenvalue weighted by Gasteiger charge is 2.13. The Hall–Kier alpha value is -3.59. The number of amides is 2. The Bertz CT molecular complexity index is 1020. The van der Waals surface area contributed by atoms with Crippen molar-refractivity contribution in [3.63, 3.8) is 0 Å². The maximum absolute atomic E-state index is 13.6. The van der Waals surface area contributed by atoms with Gasteiger partial charge in [-0.25, -0.2) is 13.6 Å². The first-order valence-electron chi connectivity index (χ1n) is 9.38. The van der Waals surface area contributed by atoms with E-state index in [0.717, 1.165) is 42.7 Å². The van der Waals surface area contributed by atoms with Crippen LogP contribution >= 0.6 is 0 Å². The number of rotatable bonds is 4. The van der Waals surface area contributed by atoms with Gasteiger partial charge in [0, 0.05) is 30.4 Å². The minimum atomic E-state index is -0.721. The highest BCUT2D eigenvalue weighted by Crippen LogP contribution is 2.22. The molecule has 2 N–H and O–H groups in total. The molecule has 7 nitrogen and oxygen atoms in total. The highest BCUT2D eigenvalue weighted by atomic mass is 19.1. The molecule has 0 saturated carbocycles. The van der Waals surface area contributed by atoms with Crippen molar-refractivity contribution in [1.82, 2.24) is 10.2 Å². The van der Waals surface area contributed by atoms with Crippen LogP contribution in [-0.2, 0) is 4.74 Å². The molecule has 154 valence electrons. The van der Waals surface area contributed by atoms with E-state index in [1.54, 1.807) is 24.3 Å². The fraction of sp³-hybridized carbons (Fsp3) is 0.190. The third-order valence-electron chi connectivity index (χ3n) is 4.60. The van der Waals surface area contributed by atoms with E-state index in [9.17, 15) is 13.6 Å². The molecule has 1 aromatic heterocycles. The van der Waals surface area contributed by atoms with Gasteiger partial charge in [-0.15, -0.1) is 10.2 Å². The molecule has 0 atom stereocenters. The van der Waals surface area contributed by atoms with Crippen molar-refractivity contribution in [2.75, 3.05) is 41.8 Å². The number of hydrogen-bond donors (Lipinski definition) is 2. The van der Waals surface area contributed by atoms with Crippen molar-refractivity contribution >= 4 is 23.2 Å². The number of anilines is 3. The molecular weight excluding hydrogens is 392 g/mol.